The number of aromatic nitrogens is 2. The van der Waals surface area contributed by atoms with E-state index in [9.17, 15) is 18.0 Å². The number of hydrogen-bond donors (Lipinski definition) is 3. The molecule has 7 nitrogen and oxygen atoms in total. The van der Waals surface area contributed by atoms with Crippen LogP contribution in [0.2, 0.25) is 0 Å². The van der Waals surface area contributed by atoms with Gasteiger partial charge in [0.2, 0.25) is 5.91 Å². The first-order chi connectivity index (χ1) is 21.5. The van der Waals surface area contributed by atoms with Crippen molar-refractivity contribution in [1.29, 1.82) is 5.26 Å². The van der Waals surface area contributed by atoms with Crippen molar-refractivity contribution in [2.45, 2.75) is 51.4 Å². The number of thiocarbonyl (C=S) groups is 1. The largest absolute Gasteiger partial charge is 0.416 e. The van der Waals surface area contributed by atoms with Crippen molar-refractivity contribution >= 4 is 28.8 Å². The summed E-state index contributed by atoms with van der Waals surface area (Å²) in [5.74, 6) is 0.492. The summed E-state index contributed by atoms with van der Waals surface area (Å²) in [5, 5.41) is 12.0. The lowest BCUT2D eigenvalue weighted by molar-refractivity contribution is -0.138. The number of nitrogens with two attached hydrogens (primary N) is 1. The molecule has 4 N–H and O–H groups in total. The highest BCUT2D eigenvalue weighted by atomic mass is 32.1. The Kier molecular flexibility index (Phi) is 11.5. The first kappa shape index (κ1) is 33.4. The fraction of sp³-hybridized carbons (Fsp3) is 0.294. The topological polar surface area (TPSA) is 111 Å². The Bertz CT molecular complexity index is 1620. The lowest BCUT2D eigenvalue weighted by Gasteiger charge is -2.29. The molecular formula is C34H35F3N6OS. The molecule has 0 radical (unpaired) electrons. The van der Waals surface area contributed by atoms with Crippen LogP contribution >= 0.6 is 12.2 Å². The number of carbonyl (C=O) groups excluding carboxylic acids is 1. The number of aromatic amines is 1. The quantitative estimate of drug-likeness (QED) is 0.149. The monoisotopic (exact) mass is 632 g/mol. The van der Waals surface area contributed by atoms with Crippen molar-refractivity contribution in [3.63, 3.8) is 0 Å². The Morgan fingerprint density at radius 1 is 1.09 bits per heavy atom. The number of H-pyrrole nitrogens is 1. The summed E-state index contributed by atoms with van der Waals surface area (Å²) in [5.41, 5.74) is 8.40. The fourth-order valence-corrected chi connectivity index (χ4v) is 5.61. The summed E-state index contributed by atoms with van der Waals surface area (Å²) in [6.07, 6.45) is -1.25. The second kappa shape index (κ2) is 15.5. The molecule has 1 aromatic heterocycles. The average Bonchev–Trinajstić information content (AvgIpc) is 3.46. The van der Waals surface area contributed by atoms with Crippen molar-refractivity contribution in [3.8, 4) is 6.07 Å². The molecule has 1 heterocycles. The third-order valence-corrected chi connectivity index (χ3v) is 7.75. The average molecular weight is 633 g/mol. The van der Waals surface area contributed by atoms with Gasteiger partial charge in [0.05, 0.1) is 28.6 Å². The van der Waals surface area contributed by atoms with E-state index in [1.165, 1.54) is 12.1 Å². The van der Waals surface area contributed by atoms with Crippen molar-refractivity contribution < 1.29 is 18.0 Å². The molecule has 234 valence electrons. The van der Waals surface area contributed by atoms with Crippen molar-refractivity contribution in [3.05, 3.63) is 119 Å². The second-order valence-electron chi connectivity index (χ2n) is 11.0. The molecule has 2 unspecified atom stereocenters. The van der Waals surface area contributed by atoms with Crippen LogP contribution in [0.15, 0.2) is 85.1 Å². The maximum atomic E-state index is 13.7. The van der Waals surface area contributed by atoms with E-state index in [-0.39, 0.29) is 42.9 Å². The van der Waals surface area contributed by atoms with Crippen LogP contribution in [0, 0.1) is 17.2 Å². The van der Waals surface area contributed by atoms with Crippen LogP contribution in [0.4, 0.5) is 18.9 Å². The normalized spacial score (nSPS) is 12.6. The number of rotatable bonds is 13. The number of nitriles is 1. The van der Waals surface area contributed by atoms with Gasteiger partial charge in [-0.15, -0.1) is 0 Å². The highest BCUT2D eigenvalue weighted by molar-refractivity contribution is 7.80. The van der Waals surface area contributed by atoms with Crippen molar-refractivity contribution in [2.24, 2.45) is 11.7 Å². The highest BCUT2D eigenvalue weighted by Gasteiger charge is 2.33. The number of carbonyl (C=O) groups is 1. The number of benzene rings is 3. The molecule has 0 saturated carbocycles. The maximum absolute atomic E-state index is 13.7. The number of halogens is 3. The number of alkyl halides is 3. The standard InChI is InChI=1S/C34H35F3N6OS/c1-23(16-33(45)43(29-8-3-2-4-9-29)22-26-7-5-6-10-30(26)34(35,36)37)15-27(20-39)42-32(44)18-28-21-40-31(41-28)17-24-11-13-25(19-38)14-12-24/h2-14,21,23,27H,15-18,20,22,39H2,1H3,(H,40,41)(H,42,44). The molecule has 4 rings (SSSR count). The molecule has 2 atom stereocenters. The summed E-state index contributed by atoms with van der Waals surface area (Å²) in [6.45, 7) is 2.18. The van der Waals surface area contributed by atoms with E-state index >= 15 is 0 Å². The zero-order valence-corrected chi connectivity index (χ0v) is 25.7. The number of para-hydroxylation sites is 1. The van der Waals surface area contributed by atoms with Gasteiger partial charge in [0.15, 0.2) is 0 Å². The van der Waals surface area contributed by atoms with Crippen LogP contribution < -0.4 is 16.0 Å². The minimum atomic E-state index is -4.48. The smallest absolute Gasteiger partial charge is 0.352 e. The zero-order valence-electron chi connectivity index (χ0n) is 24.8. The third-order valence-electron chi connectivity index (χ3n) is 7.37. The number of anilines is 1. The summed E-state index contributed by atoms with van der Waals surface area (Å²) >= 11 is 5.80. The Labute approximate surface area is 266 Å². The molecule has 0 aliphatic heterocycles. The number of nitrogens with zero attached hydrogens (tertiary/aromatic N) is 3. The molecular weight excluding hydrogens is 597 g/mol. The van der Waals surface area contributed by atoms with Gasteiger partial charge in [0.25, 0.3) is 0 Å². The number of nitrogens with one attached hydrogen (secondary N) is 2. The Balaban J connectivity index is 1.35. The van der Waals surface area contributed by atoms with Gasteiger partial charge in [0, 0.05) is 49.6 Å². The van der Waals surface area contributed by atoms with E-state index in [1.54, 1.807) is 29.3 Å². The lowest BCUT2D eigenvalue weighted by atomic mass is 9.97. The molecule has 45 heavy (non-hydrogen) atoms. The van der Waals surface area contributed by atoms with Gasteiger partial charge < -0.3 is 20.9 Å². The van der Waals surface area contributed by atoms with Crippen LogP contribution in [-0.2, 0) is 30.4 Å². The van der Waals surface area contributed by atoms with Gasteiger partial charge >= 0.3 is 6.18 Å². The van der Waals surface area contributed by atoms with E-state index in [1.807, 2.05) is 49.4 Å². The Hall–Kier alpha value is -4.53. The zero-order chi connectivity index (χ0) is 32.4. The Morgan fingerprint density at radius 3 is 2.44 bits per heavy atom. The summed E-state index contributed by atoms with van der Waals surface area (Å²) < 4.78 is 41.2. The molecule has 1 amide bonds. The Morgan fingerprint density at radius 2 is 1.78 bits per heavy atom. The SMILES string of the molecule is CC(CC(=S)N(Cc1ccccc1C(F)(F)F)c1ccccc1)CC(CN)NC(=O)Cc1cnc(Cc2ccc(C#N)cc2)[nH]1. The van der Waals surface area contributed by atoms with Gasteiger partial charge in [-0.05, 0) is 53.8 Å². The minimum absolute atomic E-state index is 0.0124. The van der Waals surface area contributed by atoms with Crippen molar-refractivity contribution in [1.82, 2.24) is 15.3 Å². The first-order valence-corrected chi connectivity index (χ1v) is 15.0. The van der Waals surface area contributed by atoms with Crippen LogP contribution in [0.5, 0.6) is 0 Å². The summed E-state index contributed by atoms with van der Waals surface area (Å²) in [4.78, 5) is 22.6. The van der Waals surface area contributed by atoms with Gasteiger partial charge in [0.1, 0.15) is 5.82 Å². The predicted molar refractivity (Wildman–Crippen MR) is 172 cm³/mol. The van der Waals surface area contributed by atoms with E-state index in [2.05, 4.69) is 21.4 Å². The van der Waals surface area contributed by atoms with Crippen LogP contribution in [0.1, 0.15) is 53.5 Å². The third kappa shape index (κ3) is 9.73. The molecule has 11 heteroatoms. The molecule has 0 spiro atoms. The summed E-state index contributed by atoms with van der Waals surface area (Å²) in [6, 6.07) is 23.7. The molecule has 0 fully saturated rings. The molecule has 0 aliphatic carbocycles. The van der Waals surface area contributed by atoms with E-state index < -0.39 is 11.7 Å². The molecule has 0 aliphatic rings. The maximum Gasteiger partial charge on any atom is 0.416 e. The molecule has 4 aromatic rings. The number of hydrogen-bond acceptors (Lipinski definition) is 5. The van der Waals surface area contributed by atoms with E-state index in [0.29, 0.717) is 47.0 Å². The van der Waals surface area contributed by atoms with E-state index in [0.717, 1.165) is 11.6 Å². The molecule has 0 saturated heterocycles. The van der Waals surface area contributed by atoms with Gasteiger partial charge in [-0.1, -0.05) is 67.7 Å². The van der Waals surface area contributed by atoms with Gasteiger partial charge in [-0.2, -0.15) is 18.4 Å². The summed E-state index contributed by atoms with van der Waals surface area (Å²) in [7, 11) is 0. The predicted octanol–water partition coefficient (Wildman–Crippen LogP) is 6.33. The molecule has 3 aromatic carbocycles. The fourth-order valence-electron chi connectivity index (χ4n) is 5.16. The van der Waals surface area contributed by atoms with E-state index in [4.69, 9.17) is 23.2 Å². The number of imidazole rings is 1. The van der Waals surface area contributed by atoms with Crippen molar-refractivity contribution in [2.75, 3.05) is 11.4 Å². The lowest BCUT2D eigenvalue weighted by Crippen LogP contribution is -2.42. The minimum Gasteiger partial charge on any atom is -0.352 e. The van der Waals surface area contributed by atoms with Crippen LogP contribution in [-0.4, -0.2) is 33.5 Å². The van der Waals surface area contributed by atoms with Crippen LogP contribution in [0.25, 0.3) is 0 Å². The highest BCUT2D eigenvalue weighted by Crippen LogP contribution is 2.33. The van der Waals surface area contributed by atoms with Crippen LogP contribution in [0.3, 0.4) is 0 Å². The number of amides is 1. The van der Waals surface area contributed by atoms with Gasteiger partial charge in [-0.3, -0.25) is 4.79 Å². The first-order valence-electron chi connectivity index (χ1n) is 14.6. The van der Waals surface area contributed by atoms with Gasteiger partial charge in [-0.25, -0.2) is 4.98 Å². The molecule has 0 bridgehead atoms. The second-order valence-corrected chi connectivity index (χ2v) is 11.5.